The number of benzene rings is 6. The highest BCUT2D eigenvalue weighted by Crippen LogP contribution is 2.29. The summed E-state index contributed by atoms with van der Waals surface area (Å²) in [6.45, 7) is 60.1. The van der Waals surface area contributed by atoms with Crippen molar-refractivity contribution in [1.82, 2.24) is 59.8 Å². The van der Waals surface area contributed by atoms with Crippen molar-refractivity contribution in [1.29, 1.82) is 0 Å². The van der Waals surface area contributed by atoms with E-state index in [2.05, 4.69) is 182 Å². The van der Waals surface area contributed by atoms with E-state index < -0.39 is 0 Å². The van der Waals surface area contributed by atoms with E-state index in [-0.39, 0.29) is 0 Å². The van der Waals surface area contributed by atoms with E-state index in [1.165, 1.54) is 97.3 Å². The van der Waals surface area contributed by atoms with Gasteiger partial charge in [-0.05, 0) is 158 Å². The maximum Gasteiger partial charge on any atom is 0.159 e. The first-order valence-electron chi connectivity index (χ1n) is 41.7. The molecule has 0 aliphatic heterocycles. The molecule has 0 fully saturated rings. The Morgan fingerprint density at radius 1 is 0.175 bits per heavy atom. The minimum absolute atomic E-state index is 0.819. The fourth-order valence-electron chi connectivity index (χ4n) is 11.2. The summed E-state index contributed by atoms with van der Waals surface area (Å²) in [5.41, 5.74) is 11.4. The van der Waals surface area contributed by atoms with Crippen molar-refractivity contribution in [3.8, 4) is 0 Å². The van der Waals surface area contributed by atoms with Crippen LogP contribution in [0, 0.1) is 41.5 Å². The predicted octanol–water partition coefficient (Wildman–Crippen LogP) is 30.9. The van der Waals surface area contributed by atoms with Gasteiger partial charge in [-0.2, -0.15) is 0 Å². The summed E-state index contributed by atoms with van der Waals surface area (Å²) in [4.78, 5) is 51.6. The molecule has 0 N–H and O–H groups in total. The van der Waals surface area contributed by atoms with Gasteiger partial charge < -0.3 is 0 Å². The molecule has 0 saturated carbocycles. The third-order valence-corrected chi connectivity index (χ3v) is 15.7. The van der Waals surface area contributed by atoms with Gasteiger partial charge in [0, 0.05) is 173 Å². The normalized spacial score (nSPS) is 9.32. The van der Waals surface area contributed by atoms with Crippen LogP contribution in [0.5, 0.6) is 0 Å². The second-order valence-corrected chi connectivity index (χ2v) is 22.2. The Bertz CT molecular complexity index is 4780. The van der Waals surface area contributed by atoms with Crippen LogP contribution in [0.25, 0.3) is 130 Å². The minimum Gasteiger partial charge on any atom is -0.264 e. The van der Waals surface area contributed by atoms with Crippen molar-refractivity contribution >= 4 is 130 Å². The summed E-state index contributed by atoms with van der Waals surface area (Å²) >= 11 is 0. The van der Waals surface area contributed by atoms with Crippen LogP contribution < -0.4 is 0 Å². The Morgan fingerprint density at radius 2 is 0.526 bits per heavy atom. The molecular weight excluding hydrogens is 1390 g/mol. The molecule has 0 atom stereocenters. The Kier molecular flexibility index (Phi) is 51.2. The number of pyridine rings is 12. The van der Waals surface area contributed by atoms with E-state index >= 15 is 0 Å². The van der Waals surface area contributed by atoms with E-state index in [4.69, 9.17) is 0 Å². The molecule has 0 aliphatic rings. The molecule has 0 aliphatic carbocycles. The topological polar surface area (TPSA) is 155 Å². The number of hydrogen-bond donors (Lipinski definition) is 0. The molecule has 0 radical (unpaired) electrons. The molecule has 12 nitrogen and oxygen atoms in total. The van der Waals surface area contributed by atoms with Crippen molar-refractivity contribution in [2.24, 2.45) is 0 Å². The van der Waals surface area contributed by atoms with Crippen LogP contribution in [0.1, 0.15) is 200 Å². The van der Waals surface area contributed by atoms with Crippen LogP contribution in [0.3, 0.4) is 0 Å². The van der Waals surface area contributed by atoms with E-state index in [9.17, 15) is 0 Å². The van der Waals surface area contributed by atoms with Gasteiger partial charge in [0.1, 0.15) is 0 Å². The van der Waals surface area contributed by atoms with E-state index in [0.717, 1.165) is 66.6 Å². The van der Waals surface area contributed by atoms with Gasteiger partial charge in [-0.25, -0.2) is 9.97 Å². The Morgan fingerprint density at radius 3 is 1.11 bits per heavy atom. The minimum atomic E-state index is 0.819. The van der Waals surface area contributed by atoms with E-state index in [0.29, 0.717) is 0 Å². The average molecular weight is 1530 g/mol. The van der Waals surface area contributed by atoms with Gasteiger partial charge in [-0.3, -0.25) is 49.8 Å². The van der Waals surface area contributed by atoms with Gasteiger partial charge in [0.15, 0.2) is 5.65 Å². The standard InChI is InChI=1S/6C13H10N2.12C2H6/c1-9-6-13-11(8-15-9)3-2-10-7-14-5-4-12(10)13;1-9-6-12-11(7-15-9)3-2-10-4-5-14-8-13(10)12;1-9-7-12-10(8-15-9)4-5-13-11(12)3-2-6-14-13;1-9-7-12-11(8-15-9)5-4-10-3-2-6-14-13(10)12;1-9-6-11-10-4-2-3-5-12(10)15-8-13(11)14-7-9;1-9-6-12-11-5-3-2-4-10(11)8-15-13(12)14-7-9;12*1-2/h6*2-8H,1H3;12*1-2H3. The monoisotopic (exact) mass is 1530 g/mol. The summed E-state index contributed by atoms with van der Waals surface area (Å²) < 4.78 is 0. The quantitative estimate of drug-likeness (QED) is 0.133. The molecule has 0 saturated heterocycles. The second-order valence-electron chi connectivity index (χ2n) is 22.2. The third-order valence-electron chi connectivity index (χ3n) is 15.7. The highest BCUT2D eigenvalue weighted by atomic mass is 14.8. The second kappa shape index (κ2) is 58.2. The number of nitrogens with zero attached hydrogens (tertiary/aromatic N) is 12. The summed E-state index contributed by atoms with van der Waals surface area (Å²) in [6, 6.07) is 58.0. The van der Waals surface area contributed by atoms with Gasteiger partial charge in [0.25, 0.3) is 0 Å². The average Bonchev–Trinajstić information content (AvgIpc) is 0.834. The van der Waals surface area contributed by atoms with Crippen molar-refractivity contribution in [2.45, 2.75) is 208 Å². The van der Waals surface area contributed by atoms with Crippen molar-refractivity contribution in [3.63, 3.8) is 0 Å². The molecule has 0 bridgehead atoms. The molecule has 12 heterocycles. The van der Waals surface area contributed by atoms with Gasteiger partial charge in [-0.15, -0.1) is 0 Å². The fourth-order valence-corrected chi connectivity index (χ4v) is 11.2. The zero-order chi connectivity index (χ0) is 85.5. The summed E-state index contributed by atoms with van der Waals surface area (Å²) in [5, 5.41) is 22.6. The number of para-hydroxylation sites is 1. The SMILES string of the molecule is CC.CC.CC.CC.CC.CC.CC.CC.CC.CC.CC.CC.Cc1cc2c(ccc3cccnc32)cn1.Cc1cc2c(ccc3ccncc32)cn1.Cc1cc2c(ccc3cnccc32)cn1.Cc1cc2c(ccc3ncccc32)cn1.Cc1cnc2cnc3ccccc3c2c1.Cc1cnc2ncc3ccccc3c2c1. The van der Waals surface area contributed by atoms with Crippen LogP contribution in [0.2, 0.25) is 0 Å². The van der Waals surface area contributed by atoms with Crippen LogP contribution in [-0.2, 0) is 0 Å². The maximum atomic E-state index is 4.42. The smallest absolute Gasteiger partial charge is 0.159 e. The molecule has 0 amide bonds. The molecule has 600 valence electrons. The van der Waals surface area contributed by atoms with E-state index in [1.807, 2.05) is 342 Å². The van der Waals surface area contributed by atoms with Gasteiger partial charge >= 0.3 is 0 Å². The first-order chi connectivity index (χ1) is 56.1. The lowest BCUT2D eigenvalue weighted by Gasteiger charge is -2.03. The van der Waals surface area contributed by atoms with Gasteiger partial charge in [0.05, 0.1) is 28.3 Å². The maximum absolute atomic E-state index is 4.42. The van der Waals surface area contributed by atoms with Crippen molar-refractivity contribution in [3.05, 3.63) is 291 Å². The molecule has 12 aromatic heterocycles. The molecule has 114 heavy (non-hydrogen) atoms. The van der Waals surface area contributed by atoms with Gasteiger partial charge in [-0.1, -0.05) is 263 Å². The summed E-state index contributed by atoms with van der Waals surface area (Å²) in [6.07, 6.45) is 26.2. The summed E-state index contributed by atoms with van der Waals surface area (Å²) in [7, 11) is 0. The lowest BCUT2D eigenvalue weighted by atomic mass is 10.1. The van der Waals surface area contributed by atoms with Crippen LogP contribution in [0.4, 0.5) is 0 Å². The molecule has 0 spiro atoms. The molecule has 18 rings (SSSR count). The first-order valence-corrected chi connectivity index (χ1v) is 41.7. The number of aryl methyl sites for hydroxylation is 6. The number of rotatable bonds is 0. The Hall–Kier alpha value is -11.8. The molecule has 18 aromatic rings. The Labute approximate surface area is 684 Å². The fraction of sp³-hybridized carbons (Fsp3) is 0.294. The van der Waals surface area contributed by atoms with Crippen LogP contribution in [-0.4, -0.2) is 59.8 Å². The largest absolute Gasteiger partial charge is 0.264 e. The third kappa shape index (κ3) is 28.5. The van der Waals surface area contributed by atoms with Crippen molar-refractivity contribution in [2.75, 3.05) is 0 Å². The van der Waals surface area contributed by atoms with Crippen LogP contribution >= 0.6 is 0 Å². The van der Waals surface area contributed by atoms with Crippen molar-refractivity contribution < 1.29 is 0 Å². The number of fused-ring (bicyclic) bond motifs is 18. The Balaban J connectivity index is 0.000000648. The lowest BCUT2D eigenvalue weighted by molar-refractivity contribution is 1.22. The molecule has 0 unspecified atom stereocenters. The van der Waals surface area contributed by atoms with Gasteiger partial charge in [0.2, 0.25) is 0 Å². The molecular formula is C102H132N12. The molecule has 12 heteroatoms. The number of hydrogen-bond acceptors (Lipinski definition) is 12. The highest BCUT2D eigenvalue weighted by molar-refractivity contribution is 6.10. The first kappa shape index (κ1) is 100. The van der Waals surface area contributed by atoms with E-state index in [1.54, 1.807) is 0 Å². The predicted molar refractivity (Wildman–Crippen MR) is 507 cm³/mol. The lowest BCUT2D eigenvalue weighted by Crippen LogP contribution is -1.86. The highest BCUT2D eigenvalue weighted by Gasteiger charge is 2.07. The summed E-state index contributed by atoms with van der Waals surface area (Å²) in [5.74, 6) is 0. The zero-order valence-corrected chi connectivity index (χ0v) is 74.6. The van der Waals surface area contributed by atoms with Crippen LogP contribution in [0.15, 0.2) is 257 Å². The number of aromatic nitrogens is 12. The molecule has 6 aromatic carbocycles. The zero-order valence-electron chi connectivity index (χ0n) is 74.6.